The summed E-state index contributed by atoms with van der Waals surface area (Å²) in [4.78, 5) is 0. The van der Waals surface area contributed by atoms with Gasteiger partial charge in [0.1, 0.15) is 11.5 Å². The molecule has 4 nitrogen and oxygen atoms in total. The number of rotatable bonds is 9. The maximum atomic E-state index is 5.93. The molecular weight excluding hydrogens is 385 g/mol. The standard InChI is InChI=1S/C26H24BNO3/c28-19-20-29-27(30-25-15-11-23(12-16-25)21-7-3-1-4-8-21)31-26-17-13-24(14-18-26)22-9-5-2-6-10-22/h1-18H,19-20,28H2. The summed E-state index contributed by atoms with van der Waals surface area (Å²) in [6.07, 6.45) is 0. The Morgan fingerprint density at radius 3 is 1.29 bits per heavy atom. The van der Waals surface area contributed by atoms with Gasteiger partial charge in [-0.1, -0.05) is 84.9 Å². The van der Waals surface area contributed by atoms with Crippen LogP contribution in [0.5, 0.6) is 11.5 Å². The summed E-state index contributed by atoms with van der Waals surface area (Å²) in [6, 6.07) is 36.1. The smallest absolute Gasteiger partial charge is 0.501 e. The fraction of sp³-hybridized carbons (Fsp3) is 0.0769. The summed E-state index contributed by atoms with van der Waals surface area (Å²) in [5.41, 5.74) is 10.1. The van der Waals surface area contributed by atoms with Crippen molar-refractivity contribution in [2.24, 2.45) is 5.73 Å². The molecule has 4 aromatic carbocycles. The van der Waals surface area contributed by atoms with E-state index in [4.69, 9.17) is 19.7 Å². The van der Waals surface area contributed by atoms with Crippen molar-refractivity contribution in [3.8, 4) is 33.8 Å². The molecule has 4 rings (SSSR count). The van der Waals surface area contributed by atoms with Crippen LogP contribution in [0.15, 0.2) is 109 Å². The minimum Gasteiger partial charge on any atom is -0.501 e. The van der Waals surface area contributed by atoms with Gasteiger partial charge in [0, 0.05) is 13.2 Å². The van der Waals surface area contributed by atoms with Crippen LogP contribution in [0.4, 0.5) is 0 Å². The zero-order chi connectivity index (χ0) is 21.3. The summed E-state index contributed by atoms with van der Waals surface area (Å²) in [6.45, 7) is 0.706. The van der Waals surface area contributed by atoms with E-state index in [9.17, 15) is 0 Å². The van der Waals surface area contributed by atoms with E-state index in [0.717, 1.165) is 22.3 Å². The van der Waals surface area contributed by atoms with Gasteiger partial charge in [0.2, 0.25) is 0 Å². The van der Waals surface area contributed by atoms with Gasteiger partial charge < -0.3 is 19.7 Å². The molecule has 0 aliphatic heterocycles. The molecule has 0 radical (unpaired) electrons. The Morgan fingerprint density at radius 1 is 0.516 bits per heavy atom. The van der Waals surface area contributed by atoms with Crippen molar-refractivity contribution in [3.63, 3.8) is 0 Å². The third kappa shape index (κ3) is 5.75. The highest BCUT2D eigenvalue weighted by Gasteiger charge is 2.27. The van der Waals surface area contributed by atoms with Gasteiger partial charge in [0.05, 0.1) is 0 Å². The lowest BCUT2D eigenvalue weighted by Crippen LogP contribution is -2.35. The molecule has 31 heavy (non-hydrogen) atoms. The molecule has 154 valence electrons. The zero-order valence-corrected chi connectivity index (χ0v) is 17.2. The zero-order valence-electron chi connectivity index (χ0n) is 17.2. The average molecular weight is 409 g/mol. The van der Waals surface area contributed by atoms with Crippen LogP contribution in [-0.2, 0) is 4.65 Å². The lowest BCUT2D eigenvalue weighted by Gasteiger charge is -2.16. The number of hydrogen-bond donors (Lipinski definition) is 1. The maximum absolute atomic E-state index is 5.93. The summed E-state index contributed by atoms with van der Waals surface area (Å²) in [5.74, 6) is 1.31. The molecule has 0 saturated heterocycles. The van der Waals surface area contributed by atoms with Gasteiger partial charge in [-0.05, 0) is 46.5 Å². The van der Waals surface area contributed by atoms with Gasteiger partial charge >= 0.3 is 7.32 Å². The molecule has 0 atom stereocenters. The SMILES string of the molecule is NCCOB(Oc1ccc(-c2ccccc2)cc1)Oc1ccc(-c2ccccc2)cc1. The first-order valence-corrected chi connectivity index (χ1v) is 10.3. The van der Waals surface area contributed by atoms with Crippen LogP contribution in [0, 0.1) is 0 Å². The third-order valence-electron chi connectivity index (χ3n) is 4.76. The molecule has 0 spiro atoms. The van der Waals surface area contributed by atoms with Crippen molar-refractivity contribution in [2.45, 2.75) is 0 Å². The van der Waals surface area contributed by atoms with Crippen molar-refractivity contribution >= 4 is 7.32 Å². The highest BCUT2D eigenvalue weighted by atomic mass is 16.7. The number of benzene rings is 4. The van der Waals surface area contributed by atoms with Crippen LogP contribution in [0.25, 0.3) is 22.3 Å². The van der Waals surface area contributed by atoms with Crippen molar-refractivity contribution in [3.05, 3.63) is 109 Å². The molecule has 4 aromatic rings. The molecule has 0 heterocycles. The van der Waals surface area contributed by atoms with Gasteiger partial charge in [-0.25, -0.2) is 0 Å². The molecule has 0 unspecified atom stereocenters. The maximum Gasteiger partial charge on any atom is 0.788 e. The second-order valence-electron chi connectivity index (χ2n) is 6.96. The molecular formula is C26H24BNO3. The first kappa shape index (κ1) is 20.7. The van der Waals surface area contributed by atoms with Crippen LogP contribution >= 0.6 is 0 Å². The van der Waals surface area contributed by atoms with Crippen LogP contribution in [0.1, 0.15) is 0 Å². The van der Waals surface area contributed by atoms with E-state index in [1.54, 1.807) is 0 Å². The molecule has 0 aromatic heterocycles. The fourth-order valence-corrected chi connectivity index (χ4v) is 3.19. The van der Waals surface area contributed by atoms with E-state index in [-0.39, 0.29) is 0 Å². The molecule has 0 bridgehead atoms. The van der Waals surface area contributed by atoms with Gasteiger partial charge in [0.25, 0.3) is 0 Å². The van der Waals surface area contributed by atoms with Crippen LogP contribution < -0.4 is 15.0 Å². The van der Waals surface area contributed by atoms with E-state index in [2.05, 4.69) is 24.3 Å². The van der Waals surface area contributed by atoms with Gasteiger partial charge in [0.15, 0.2) is 0 Å². The Balaban J connectivity index is 1.43. The Hall–Kier alpha value is -3.54. The normalized spacial score (nSPS) is 10.5. The summed E-state index contributed by atoms with van der Waals surface area (Å²) in [7, 11) is -0.895. The Labute approximate surface area is 183 Å². The van der Waals surface area contributed by atoms with Crippen molar-refractivity contribution < 1.29 is 14.0 Å². The topological polar surface area (TPSA) is 53.7 Å². The van der Waals surface area contributed by atoms with E-state index in [1.807, 2.05) is 84.9 Å². The number of hydrogen-bond acceptors (Lipinski definition) is 4. The Bertz CT molecular complexity index is 970. The minimum atomic E-state index is -0.895. The average Bonchev–Trinajstić information content (AvgIpc) is 2.84. The van der Waals surface area contributed by atoms with Crippen molar-refractivity contribution in [1.29, 1.82) is 0 Å². The highest BCUT2D eigenvalue weighted by molar-refractivity contribution is 6.38. The molecule has 0 aliphatic rings. The lowest BCUT2D eigenvalue weighted by molar-refractivity contribution is 0.207. The predicted octanol–water partition coefficient (Wildman–Crippen LogP) is 5.44. The third-order valence-corrected chi connectivity index (χ3v) is 4.76. The van der Waals surface area contributed by atoms with Crippen molar-refractivity contribution in [1.82, 2.24) is 0 Å². The van der Waals surface area contributed by atoms with E-state index in [1.165, 1.54) is 0 Å². The lowest BCUT2D eigenvalue weighted by atomic mass is 10.1. The van der Waals surface area contributed by atoms with E-state index < -0.39 is 7.32 Å². The van der Waals surface area contributed by atoms with Crippen LogP contribution in [0.2, 0.25) is 0 Å². The molecule has 0 fully saturated rings. The van der Waals surface area contributed by atoms with Gasteiger partial charge in [-0.3, -0.25) is 0 Å². The number of nitrogens with two attached hydrogens (primary N) is 1. The largest absolute Gasteiger partial charge is 0.788 e. The molecule has 0 amide bonds. The second kappa shape index (κ2) is 10.5. The highest BCUT2D eigenvalue weighted by Crippen LogP contribution is 2.24. The summed E-state index contributed by atoms with van der Waals surface area (Å²) >= 11 is 0. The van der Waals surface area contributed by atoms with E-state index in [0.29, 0.717) is 24.7 Å². The van der Waals surface area contributed by atoms with Crippen LogP contribution in [-0.4, -0.2) is 20.5 Å². The van der Waals surface area contributed by atoms with Crippen LogP contribution in [0.3, 0.4) is 0 Å². The van der Waals surface area contributed by atoms with Gasteiger partial charge in [-0.2, -0.15) is 0 Å². The first-order valence-electron chi connectivity index (χ1n) is 10.3. The molecule has 5 heteroatoms. The quantitative estimate of drug-likeness (QED) is 0.374. The molecule has 2 N–H and O–H groups in total. The van der Waals surface area contributed by atoms with E-state index >= 15 is 0 Å². The minimum absolute atomic E-state index is 0.328. The monoisotopic (exact) mass is 409 g/mol. The molecule has 0 saturated carbocycles. The summed E-state index contributed by atoms with van der Waals surface area (Å²) < 4.78 is 17.5. The summed E-state index contributed by atoms with van der Waals surface area (Å²) in [5, 5.41) is 0. The van der Waals surface area contributed by atoms with Gasteiger partial charge in [-0.15, -0.1) is 0 Å². The molecule has 0 aliphatic carbocycles. The second-order valence-corrected chi connectivity index (χ2v) is 6.96. The fourth-order valence-electron chi connectivity index (χ4n) is 3.19. The van der Waals surface area contributed by atoms with Crippen molar-refractivity contribution in [2.75, 3.05) is 13.2 Å². The Kier molecular flexibility index (Phi) is 7.01. The first-order chi connectivity index (χ1) is 15.3. The predicted molar refractivity (Wildman–Crippen MR) is 126 cm³/mol. The Morgan fingerprint density at radius 2 is 0.903 bits per heavy atom.